The lowest BCUT2D eigenvalue weighted by Gasteiger charge is -2.34. The van der Waals surface area contributed by atoms with Crippen molar-refractivity contribution in [3.8, 4) is 5.75 Å². The summed E-state index contributed by atoms with van der Waals surface area (Å²) in [4.78, 5) is 11.8. The summed E-state index contributed by atoms with van der Waals surface area (Å²) >= 11 is 0. The minimum absolute atomic E-state index is 0. The number of nitrogens with one attached hydrogen (secondary N) is 2. The van der Waals surface area contributed by atoms with Crippen molar-refractivity contribution in [2.75, 3.05) is 78.0 Å². The van der Waals surface area contributed by atoms with Crippen molar-refractivity contribution in [3.05, 3.63) is 24.3 Å². The third kappa shape index (κ3) is 6.89. The Kier molecular flexibility index (Phi) is 10.3. The summed E-state index contributed by atoms with van der Waals surface area (Å²) < 4.78 is 5.51. The van der Waals surface area contributed by atoms with Gasteiger partial charge in [0.2, 0.25) is 0 Å². The predicted molar refractivity (Wildman–Crippen MR) is 132 cm³/mol. The number of hydrogen-bond donors (Lipinski definition) is 2. The van der Waals surface area contributed by atoms with Gasteiger partial charge in [-0.05, 0) is 25.1 Å². The van der Waals surface area contributed by atoms with E-state index in [0.717, 1.165) is 63.9 Å². The van der Waals surface area contributed by atoms with Crippen molar-refractivity contribution in [3.63, 3.8) is 0 Å². The highest BCUT2D eigenvalue weighted by atomic mass is 127. The van der Waals surface area contributed by atoms with Crippen LogP contribution in [0.25, 0.3) is 0 Å². The number of piperazine rings is 1. The summed E-state index contributed by atoms with van der Waals surface area (Å²) in [6, 6.07) is 8.63. The van der Waals surface area contributed by atoms with Crippen LogP contribution in [0.2, 0.25) is 0 Å². The minimum Gasteiger partial charge on any atom is -0.495 e. The Labute approximate surface area is 192 Å². The first-order chi connectivity index (χ1) is 13.7. The molecule has 3 rings (SSSR count). The molecule has 0 radical (unpaired) electrons. The van der Waals surface area contributed by atoms with E-state index in [2.05, 4.69) is 49.4 Å². The average Bonchev–Trinajstić information content (AvgIpc) is 3.21. The Morgan fingerprint density at radius 1 is 1.14 bits per heavy atom. The van der Waals surface area contributed by atoms with Crippen LogP contribution in [0.3, 0.4) is 0 Å². The van der Waals surface area contributed by atoms with Gasteiger partial charge in [0, 0.05) is 65.4 Å². The van der Waals surface area contributed by atoms with Crippen LogP contribution in [0, 0.1) is 0 Å². The van der Waals surface area contributed by atoms with Gasteiger partial charge in [-0.1, -0.05) is 19.1 Å². The van der Waals surface area contributed by atoms with Gasteiger partial charge < -0.3 is 25.2 Å². The first kappa shape index (κ1) is 24.0. The Bertz CT molecular complexity index is 635. The summed E-state index contributed by atoms with van der Waals surface area (Å²) in [5.41, 5.74) is 1.17. The smallest absolute Gasteiger partial charge is 0.191 e. The molecule has 2 aliphatic rings. The zero-order valence-electron chi connectivity index (χ0n) is 18.1. The van der Waals surface area contributed by atoms with E-state index in [1.807, 2.05) is 19.2 Å². The topological polar surface area (TPSA) is 55.4 Å². The molecule has 164 valence electrons. The molecular weight excluding hydrogens is 479 g/mol. The molecular formula is C21H37IN6O. The zero-order chi connectivity index (χ0) is 19.8. The fraction of sp³-hybridized carbons (Fsp3) is 0.667. The second-order valence-corrected chi connectivity index (χ2v) is 7.52. The Morgan fingerprint density at radius 3 is 2.55 bits per heavy atom. The van der Waals surface area contributed by atoms with E-state index in [1.165, 1.54) is 18.8 Å². The summed E-state index contributed by atoms with van der Waals surface area (Å²) in [5, 5.41) is 7.07. The lowest BCUT2D eigenvalue weighted by atomic mass is 10.2. The maximum absolute atomic E-state index is 5.51. The van der Waals surface area contributed by atoms with Crippen molar-refractivity contribution in [1.82, 2.24) is 20.4 Å². The van der Waals surface area contributed by atoms with Crippen LogP contribution in [0.1, 0.15) is 13.3 Å². The summed E-state index contributed by atoms with van der Waals surface area (Å²) in [6.45, 7) is 12.1. The first-order valence-electron chi connectivity index (χ1n) is 10.5. The van der Waals surface area contributed by atoms with E-state index in [1.54, 1.807) is 7.11 Å². The lowest BCUT2D eigenvalue weighted by Crippen LogP contribution is -2.50. The van der Waals surface area contributed by atoms with Gasteiger partial charge in [-0.3, -0.25) is 9.89 Å². The third-order valence-electron chi connectivity index (χ3n) is 5.81. The summed E-state index contributed by atoms with van der Waals surface area (Å²) in [7, 11) is 3.58. The van der Waals surface area contributed by atoms with Crippen LogP contribution in [0.15, 0.2) is 29.3 Å². The largest absolute Gasteiger partial charge is 0.495 e. The van der Waals surface area contributed by atoms with Crippen LogP contribution in [0.4, 0.5) is 5.69 Å². The zero-order valence-corrected chi connectivity index (χ0v) is 20.4. The Morgan fingerprint density at radius 2 is 1.86 bits per heavy atom. The van der Waals surface area contributed by atoms with Gasteiger partial charge in [-0.15, -0.1) is 24.0 Å². The molecule has 1 aromatic rings. The number of ether oxygens (including phenoxy) is 1. The van der Waals surface area contributed by atoms with Gasteiger partial charge in [-0.2, -0.15) is 0 Å². The molecule has 0 amide bonds. The first-order valence-corrected chi connectivity index (χ1v) is 10.5. The van der Waals surface area contributed by atoms with Crippen molar-refractivity contribution < 1.29 is 4.74 Å². The van der Waals surface area contributed by atoms with Crippen LogP contribution in [-0.2, 0) is 0 Å². The molecule has 2 heterocycles. The second-order valence-electron chi connectivity index (χ2n) is 7.52. The van der Waals surface area contributed by atoms with Crippen LogP contribution in [0.5, 0.6) is 5.75 Å². The number of hydrogen-bond acceptors (Lipinski definition) is 5. The number of para-hydroxylation sites is 2. The van der Waals surface area contributed by atoms with Gasteiger partial charge in [0.05, 0.1) is 12.8 Å². The molecule has 1 atom stereocenters. The van der Waals surface area contributed by atoms with E-state index in [9.17, 15) is 0 Å². The maximum Gasteiger partial charge on any atom is 0.191 e. The van der Waals surface area contributed by atoms with Gasteiger partial charge in [0.1, 0.15) is 5.75 Å². The lowest BCUT2D eigenvalue weighted by molar-refractivity contribution is 0.139. The van der Waals surface area contributed by atoms with E-state index >= 15 is 0 Å². The number of benzene rings is 1. The van der Waals surface area contributed by atoms with Gasteiger partial charge >= 0.3 is 0 Å². The fourth-order valence-corrected chi connectivity index (χ4v) is 4.04. The second kappa shape index (κ2) is 12.4. The average molecular weight is 516 g/mol. The highest BCUT2D eigenvalue weighted by Crippen LogP contribution is 2.30. The molecule has 2 aliphatic heterocycles. The fourth-order valence-electron chi connectivity index (χ4n) is 4.04. The number of nitrogens with zero attached hydrogens (tertiary/aromatic N) is 4. The molecule has 0 saturated carbocycles. The number of likely N-dealkylation sites (N-methyl/N-ethyl adjacent to an activating group) is 1. The summed E-state index contributed by atoms with van der Waals surface area (Å²) in [5.74, 6) is 1.84. The quantitative estimate of drug-likeness (QED) is 0.327. The van der Waals surface area contributed by atoms with Crippen molar-refractivity contribution in [2.24, 2.45) is 4.99 Å². The van der Waals surface area contributed by atoms with E-state index in [0.29, 0.717) is 6.04 Å². The van der Waals surface area contributed by atoms with Gasteiger partial charge in [0.25, 0.3) is 0 Å². The molecule has 0 aliphatic carbocycles. The molecule has 2 fully saturated rings. The van der Waals surface area contributed by atoms with Gasteiger partial charge in [0.15, 0.2) is 5.96 Å². The van der Waals surface area contributed by atoms with E-state index < -0.39 is 0 Å². The minimum atomic E-state index is 0. The number of rotatable bonds is 7. The van der Waals surface area contributed by atoms with Crippen LogP contribution in [-0.4, -0.2) is 94.9 Å². The normalized spacial score (nSPS) is 21.0. The Hall–Kier alpha value is -1.26. The monoisotopic (exact) mass is 516 g/mol. The number of aliphatic imine (C=N–C) groups is 1. The van der Waals surface area contributed by atoms with E-state index in [-0.39, 0.29) is 24.0 Å². The standard InChI is InChI=1S/C21H36N6O.HI/c1-4-25-13-15-26(16-14-25)12-10-23-21(22-2)24-18-9-11-27(17-18)19-7-5-6-8-20(19)28-3;/h5-8,18H,4,9-17H2,1-3H3,(H2,22,23,24);1H. The van der Waals surface area contributed by atoms with E-state index in [4.69, 9.17) is 4.74 Å². The number of anilines is 1. The molecule has 8 heteroatoms. The molecule has 29 heavy (non-hydrogen) atoms. The molecule has 0 aromatic heterocycles. The molecule has 2 saturated heterocycles. The molecule has 0 bridgehead atoms. The maximum atomic E-state index is 5.51. The number of guanidine groups is 1. The highest BCUT2D eigenvalue weighted by molar-refractivity contribution is 14.0. The number of halogens is 1. The summed E-state index contributed by atoms with van der Waals surface area (Å²) in [6.07, 6.45) is 1.09. The van der Waals surface area contributed by atoms with Crippen LogP contribution >= 0.6 is 24.0 Å². The highest BCUT2D eigenvalue weighted by Gasteiger charge is 2.25. The third-order valence-corrected chi connectivity index (χ3v) is 5.81. The van der Waals surface area contributed by atoms with Crippen molar-refractivity contribution in [1.29, 1.82) is 0 Å². The SMILES string of the molecule is CCN1CCN(CCNC(=NC)NC2CCN(c3ccccc3OC)C2)CC1.I. The molecule has 7 nitrogen and oxygen atoms in total. The van der Waals surface area contributed by atoms with Gasteiger partial charge in [-0.25, -0.2) is 0 Å². The molecule has 1 aromatic carbocycles. The number of methoxy groups -OCH3 is 1. The predicted octanol–water partition coefficient (Wildman–Crippen LogP) is 1.69. The molecule has 1 unspecified atom stereocenters. The van der Waals surface area contributed by atoms with Crippen LogP contribution < -0.4 is 20.3 Å². The molecule has 2 N–H and O–H groups in total. The Balaban J connectivity index is 0.00000300. The molecule has 0 spiro atoms. The van der Waals surface area contributed by atoms with Crippen molar-refractivity contribution in [2.45, 2.75) is 19.4 Å². The van der Waals surface area contributed by atoms with Crippen molar-refractivity contribution >= 4 is 35.6 Å².